The molecular formula is C15H22N2O2. The fourth-order valence-corrected chi connectivity index (χ4v) is 3.79. The molecule has 0 saturated carbocycles. The van der Waals surface area contributed by atoms with E-state index in [1.807, 2.05) is 0 Å². The van der Waals surface area contributed by atoms with Gasteiger partial charge in [0.2, 0.25) is 0 Å². The first kappa shape index (κ1) is 12.7. The lowest BCUT2D eigenvalue weighted by Crippen LogP contribution is -2.43. The minimum absolute atomic E-state index is 0.272. The summed E-state index contributed by atoms with van der Waals surface area (Å²) in [4.78, 5) is 17.9. The standard InChI is InChI=1S/C15H22N2O2/c18-14(19)7-1-6-13-12-5-3-9-17-8-2-4-11(10-16-13)15(12)17/h10,12-13H,1-9H2,(H,18,19)/t12-,13-/m0/s1. The third-order valence-corrected chi connectivity index (χ3v) is 4.62. The number of dihydropyridines is 1. The highest BCUT2D eigenvalue weighted by Gasteiger charge is 2.36. The van der Waals surface area contributed by atoms with Crippen LogP contribution >= 0.6 is 0 Å². The fraction of sp³-hybridized carbons (Fsp3) is 0.733. The molecule has 0 unspecified atom stereocenters. The second-order valence-corrected chi connectivity index (χ2v) is 5.88. The van der Waals surface area contributed by atoms with Crippen LogP contribution in [-0.2, 0) is 4.79 Å². The maximum atomic E-state index is 10.6. The Balaban J connectivity index is 1.71. The second-order valence-electron chi connectivity index (χ2n) is 5.88. The molecule has 3 rings (SSSR count). The highest BCUT2D eigenvalue weighted by atomic mass is 16.4. The Morgan fingerprint density at radius 1 is 1.42 bits per heavy atom. The van der Waals surface area contributed by atoms with E-state index in [0.717, 1.165) is 12.8 Å². The zero-order valence-corrected chi connectivity index (χ0v) is 11.3. The summed E-state index contributed by atoms with van der Waals surface area (Å²) in [6, 6.07) is 0.319. The molecule has 1 fully saturated rings. The van der Waals surface area contributed by atoms with Crippen LogP contribution in [0.3, 0.4) is 0 Å². The van der Waals surface area contributed by atoms with E-state index in [-0.39, 0.29) is 6.42 Å². The molecule has 2 atom stereocenters. The van der Waals surface area contributed by atoms with E-state index < -0.39 is 5.97 Å². The average Bonchev–Trinajstić information content (AvgIpc) is 2.41. The van der Waals surface area contributed by atoms with Crippen molar-refractivity contribution in [1.29, 1.82) is 0 Å². The molecule has 3 aliphatic rings. The Bertz CT molecular complexity index is 428. The van der Waals surface area contributed by atoms with Crippen LogP contribution in [-0.4, -0.2) is 41.3 Å². The van der Waals surface area contributed by atoms with Gasteiger partial charge in [0.05, 0.1) is 6.04 Å². The van der Waals surface area contributed by atoms with E-state index in [0.29, 0.717) is 12.0 Å². The van der Waals surface area contributed by atoms with Gasteiger partial charge < -0.3 is 10.0 Å². The number of hydrogen-bond acceptors (Lipinski definition) is 3. The minimum Gasteiger partial charge on any atom is -0.481 e. The summed E-state index contributed by atoms with van der Waals surface area (Å²) >= 11 is 0. The van der Waals surface area contributed by atoms with Crippen molar-refractivity contribution < 1.29 is 9.90 Å². The van der Waals surface area contributed by atoms with Gasteiger partial charge in [-0.2, -0.15) is 0 Å². The molecule has 0 amide bonds. The lowest BCUT2D eigenvalue weighted by Gasteiger charge is -2.45. The Morgan fingerprint density at radius 2 is 2.26 bits per heavy atom. The molecule has 104 valence electrons. The second kappa shape index (κ2) is 5.35. The van der Waals surface area contributed by atoms with Crippen molar-refractivity contribution in [3.8, 4) is 0 Å². The Labute approximate surface area is 114 Å². The van der Waals surface area contributed by atoms with Crippen LogP contribution in [0.25, 0.3) is 0 Å². The van der Waals surface area contributed by atoms with Crippen LogP contribution in [0.2, 0.25) is 0 Å². The Hall–Kier alpha value is -1.32. The van der Waals surface area contributed by atoms with Gasteiger partial charge in [0.15, 0.2) is 0 Å². The third kappa shape index (κ3) is 2.53. The topological polar surface area (TPSA) is 52.9 Å². The predicted octanol–water partition coefficient (Wildman–Crippen LogP) is 2.45. The molecule has 4 nitrogen and oxygen atoms in total. The van der Waals surface area contributed by atoms with Crippen molar-refractivity contribution in [3.63, 3.8) is 0 Å². The van der Waals surface area contributed by atoms with Gasteiger partial charge in [-0.1, -0.05) is 0 Å². The molecule has 0 aliphatic carbocycles. The number of carboxylic acid groups (broad SMARTS) is 1. The molecule has 19 heavy (non-hydrogen) atoms. The maximum Gasteiger partial charge on any atom is 0.303 e. The number of carbonyl (C=O) groups is 1. The first-order valence-corrected chi connectivity index (χ1v) is 7.48. The van der Waals surface area contributed by atoms with Crippen LogP contribution in [0.4, 0.5) is 0 Å². The van der Waals surface area contributed by atoms with E-state index in [2.05, 4.69) is 11.1 Å². The Morgan fingerprint density at radius 3 is 3.11 bits per heavy atom. The summed E-state index contributed by atoms with van der Waals surface area (Å²) in [5, 5.41) is 8.75. The van der Waals surface area contributed by atoms with Crippen LogP contribution in [0.5, 0.6) is 0 Å². The molecule has 0 radical (unpaired) electrons. The van der Waals surface area contributed by atoms with E-state index >= 15 is 0 Å². The summed E-state index contributed by atoms with van der Waals surface area (Å²) in [5.41, 5.74) is 3.00. The van der Waals surface area contributed by atoms with Crippen molar-refractivity contribution in [2.24, 2.45) is 10.9 Å². The maximum absolute atomic E-state index is 10.6. The Kier molecular flexibility index (Phi) is 3.58. The summed E-state index contributed by atoms with van der Waals surface area (Å²) < 4.78 is 0. The van der Waals surface area contributed by atoms with Crippen molar-refractivity contribution >= 4 is 12.2 Å². The van der Waals surface area contributed by atoms with Gasteiger partial charge in [-0.25, -0.2) is 0 Å². The molecule has 0 bridgehead atoms. The number of piperidine rings is 1. The largest absolute Gasteiger partial charge is 0.481 e. The summed E-state index contributed by atoms with van der Waals surface area (Å²) in [6.07, 6.45) is 8.92. The summed E-state index contributed by atoms with van der Waals surface area (Å²) in [7, 11) is 0. The van der Waals surface area contributed by atoms with Crippen LogP contribution in [0.15, 0.2) is 16.3 Å². The quantitative estimate of drug-likeness (QED) is 0.846. The van der Waals surface area contributed by atoms with Gasteiger partial charge in [-0.15, -0.1) is 0 Å². The SMILES string of the molecule is O=C(O)CCC[C@@H]1N=CC2=C3[C@H]1CCCN3CCC2. The van der Waals surface area contributed by atoms with Crippen molar-refractivity contribution in [1.82, 2.24) is 4.90 Å². The summed E-state index contributed by atoms with van der Waals surface area (Å²) in [5.74, 6) is -0.134. The van der Waals surface area contributed by atoms with E-state index in [1.165, 1.54) is 44.3 Å². The minimum atomic E-state index is -0.692. The smallest absolute Gasteiger partial charge is 0.303 e. The molecule has 3 heterocycles. The highest BCUT2D eigenvalue weighted by Crippen LogP contribution is 2.40. The fourth-order valence-electron chi connectivity index (χ4n) is 3.79. The lowest BCUT2D eigenvalue weighted by molar-refractivity contribution is -0.137. The molecule has 1 saturated heterocycles. The van der Waals surface area contributed by atoms with Crippen LogP contribution < -0.4 is 0 Å². The molecular weight excluding hydrogens is 240 g/mol. The number of aliphatic imine (C=N–C) groups is 1. The van der Waals surface area contributed by atoms with E-state index in [9.17, 15) is 4.79 Å². The van der Waals surface area contributed by atoms with Gasteiger partial charge in [0, 0.05) is 37.3 Å². The number of aliphatic carboxylic acids is 1. The van der Waals surface area contributed by atoms with Gasteiger partial charge in [0.1, 0.15) is 0 Å². The van der Waals surface area contributed by atoms with Gasteiger partial charge in [0.25, 0.3) is 0 Å². The molecule has 1 N–H and O–H groups in total. The highest BCUT2D eigenvalue weighted by molar-refractivity contribution is 5.81. The van der Waals surface area contributed by atoms with Gasteiger partial charge in [-0.05, 0) is 44.1 Å². The van der Waals surface area contributed by atoms with E-state index in [1.54, 1.807) is 5.70 Å². The molecule has 4 heteroatoms. The van der Waals surface area contributed by atoms with E-state index in [4.69, 9.17) is 10.1 Å². The number of nitrogens with zero attached hydrogens (tertiary/aromatic N) is 2. The molecule has 0 aromatic rings. The molecule has 0 spiro atoms. The molecule has 0 aromatic carbocycles. The summed E-state index contributed by atoms with van der Waals surface area (Å²) in [6.45, 7) is 2.40. The van der Waals surface area contributed by atoms with Crippen molar-refractivity contribution in [2.75, 3.05) is 13.1 Å². The first-order chi connectivity index (χ1) is 9.25. The predicted molar refractivity (Wildman–Crippen MR) is 74.3 cm³/mol. The van der Waals surface area contributed by atoms with Crippen LogP contribution in [0.1, 0.15) is 44.9 Å². The number of rotatable bonds is 4. The van der Waals surface area contributed by atoms with Crippen molar-refractivity contribution in [2.45, 2.75) is 51.0 Å². The zero-order chi connectivity index (χ0) is 13.2. The first-order valence-electron chi connectivity index (χ1n) is 7.48. The van der Waals surface area contributed by atoms with Crippen LogP contribution in [0, 0.1) is 5.92 Å². The molecule has 0 aromatic heterocycles. The zero-order valence-electron chi connectivity index (χ0n) is 11.3. The number of hydrogen-bond donors (Lipinski definition) is 1. The normalized spacial score (nSPS) is 29.4. The number of allylic oxidation sites excluding steroid dienone is 1. The molecule has 3 aliphatic heterocycles. The average molecular weight is 262 g/mol. The number of carboxylic acids is 1. The van der Waals surface area contributed by atoms with Gasteiger partial charge >= 0.3 is 5.97 Å². The third-order valence-electron chi connectivity index (χ3n) is 4.62. The monoisotopic (exact) mass is 262 g/mol. The van der Waals surface area contributed by atoms with Crippen molar-refractivity contribution in [3.05, 3.63) is 11.3 Å². The van der Waals surface area contributed by atoms with Gasteiger partial charge in [-0.3, -0.25) is 9.79 Å². The lowest BCUT2D eigenvalue weighted by atomic mass is 9.79.